The van der Waals surface area contributed by atoms with E-state index in [9.17, 15) is 4.79 Å². The highest BCUT2D eigenvalue weighted by molar-refractivity contribution is 9.10. The lowest BCUT2D eigenvalue weighted by molar-refractivity contribution is 0.111. The van der Waals surface area contributed by atoms with Gasteiger partial charge in [0, 0.05) is 0 Å². The number of carbonyl (C=O) groups excluding carboxylic acids is 1. The molecule has 0 aliphatic heterocycles. The average molecular weight is 257 g/mol. The minimum atomic E-state index is 0.475. The van der Waals surface area contributed by atoms with Crippen molar-refractivity contribution in [3.63, 3.8) is 0 Å². The van der Waals surface area contributed by atoms with E-state index in [1.807, 2.05) is 17.5 Å². The van der Waals surface area contributed by atoms with Gasteiger partial charge in [0.2, 0.25) is 0 Å². The van der Waals surface area contributed by atoms with E-state index in [4.69, 9.17) is 0 Å². The van der Waals surface area contributed by atoms with Crippen molar-refractivity contribution in [1.29, 1.82) is 0 Å². The van der Waals surface area contributed by atoms with Crippen LogP contribution < -0.4 is 0 Å². The lowest BCUT2D eigenvalue weighted by atomic mass is 10.3. The molecule has 2 aromatic rings. The second-order valence-electron chi connectivity index (χ2n) is 2.40. The van der Waals surface area contributed by atoms with E-state index in [-0.39, 0.29) is 0 Å². The summed E-state index contributed by atoms with van der Waals surface area (Å²) < 4.78 is 0.727. The van der Waals surface area contributed by atoms with Crippen molar-refractivity contribution in [2.24, 2.45) is 0 Å². The molecule has 66 valence electrons. The first-order valence-corrected chi connectivity index (χ1v) is 5.23. The van der Waals surface area contributed by atoms with Crippen molar-refractivity contribution in [1.82, 2.24) is 10.2 Å². The van der Waals surface area contributed by atoms with Gasteiger partial charge in [-0.2, -0.15) is 5.10 Å². The molecular weight excluding hydrogens is 252 g/mol. The van der Waals surface area contributed by atoms with Crippen molar-refractivity contribution >= 4 is 33.6 Å². The standard InChI is InChI=1S/C8H5BrN2OS/c9-7-5(4-12)10-11-8(7)6-2-1-3-13-6/h1-4H,(H,10,11). The van der Waals surface area contributed by atoms with Gasteiger partial charge in [-0.15, -0.1) is 11.3 Å². The van der Waals surface area contributed by atoms with Gasteiger partial charge in [0.25, 0.3) is 0 Å². The molecule has 0 fully saturated rings. The molecule has 2 heterocycles. The lowest BCUT2D eigenvalue weighted by Gasteiger charge is -1.89. The first-order valence-electron chi connectivity index (χ1n) is 3.56. The van der Waals surface area contributed by atoms with Crippen molar-refractivity contribution in [2.75, 3.05) is 0 Å². The van der Waals surface area contributed by atoms with Gasteiger partial charge in [-0.25, -0.2) is 0 Å². The van der Waals surface area contributed by atoms with Crippen LogP contribution in [0.1, 0.15) is 10.5 Å². The molecule has 0 bridgehead atoms. The molecule has 0 saturated carbocycles. The van der Waals surface area contributed by atoms with Gasteiger partial charge < -0.3 is 0 Å². The number of aromatic amines is 1. The summed E-state index contributed by atoms with van der Waals surface area (Å²) in [6.45, 7) is 0. The molecule has 0 aromatic carbocycles. The van der Waals surface area contributed by atoms with Gasteiger partial charge in [-0.3, -0.25) is 9.89 Å². The van der Waals surface area contributed by atoms with E-state index in [1.54, 1.807) is 11.3 Å². The van der Waals surface area contributed by atoms with Crippen LogP contribution in [0.4, 0.5) is 0 Å². The largest absolute Gasteiger partial charge is 0.296 e. The molecule has 5 heteroatoms. The van der Waals surface area contributed by atoms with E-state index < -0.39 is 0 Å². The van der Waals surface area contributed by atoms with Gasteiger partial charge >= 0.3 is 0 Å². The summed E-state index contributed by atoms with van der Waals surface area (Å²) >= 11 is 4.90. The summed E-state index contributed by atoms with van der Waals surface area (Å²) in [5, 5.41) is 8.66. The van der Waals surface area contributed by atoms with Crippen LogP contribution in [0.5, 0.6) is 0 Å². The Hall–Kier alpha value is -0.940. The second kappa shape index (κ2) is 3.43. The predicted molar refractivity (Wildman–Crippen MR) is 55.0 cm³/mol. The van der Waals surface area contributed by atoms with Crippen molar-refractivity contribution < 1.29 is 4.79 Å². The van der Waals surface area contributed by atoms with Gasteiger partial charge in [0.05, 0.1) is 9.35 Å². The van der Waals surface area contributed by atoms with Gasteiger partial charge in [-0.05, 0) is 27.4 Å². The minimum absolute atomic E-state index is 0.475. The number of H-pyrrole nitrogens is 1. The van der Waals surface area contributed by atoms with Crippen molar-refractivity contribution in [3.8, 4) is 10.6 Å². The fraction of sp³-hybridized carbons (Fsp3) is 0. The van der Waals surface area contributed by atoms with Crippen LogP contribution in [0, 0.1) is 0 Å². The summed E-state index contributed by atoms with van der Waals surface area (Å²) in [6, 6.07) is 3.90. The van der Waals surface area contributed by atoms with Crippen LogP contribution in [-0.4, -0.2) is 16.5 Å². The SMILES string of the molecule is O=Cc1[nH]nc(-c2cccs2)c1Br. The first-order chi connectivity index (χ1) is 6.33. The van der Waals surface area contributed by atoms with E-state index in [1.165, 1.54) is 0 Å². The Morgan fingerprint density at radius 3 is 3.00 bits per heavy atom. The quantitative estimate of drug-likeness (QED) is 0.841. The highest BCUT2D eigenvalue weighted by Crippen LogP contribution is 2.30. The number of nitrogens with zero attached hydrogens (tertiary/aromatic N) is 1. The van der Waals surface area contributed by atoms with E-state index in [0.717, 1.165) is 21.3 Å². The third-order valence-electron chi connectivity index (χ3n) is 1.60. The summed E-state index contributed by atoms with van der Waals surface area (Å²) in [7, 11) is 0. The molecule has 2 aromatic heterocycles. The molecule has 0 atom stereocenters. The summed E-state index contributed by atoms with van der Waals surface area (Å²) in [5.74, 6) is 0. The number of hydrogen-bond acceptors (Lipinski definition) is 3. The normalized spacial score (nSPS) is 10.2. The zero-order valence-electron chi connectivity index (χ0n) is 6.45. The molecule has 0 unspecified atom stereocenters. The van der Waals surface area contributed by atoms with Crippen molar-refractivity contribution in [3.05, 3.63) is 27.7 Å². The number of thiophene rings is 1. The second-order valence-corrected chi connectivity index (χ2v) is 4.14. The molecule has 3 nitrogen and oxygen atoms in total. The molecule has 2 rings (SSSR count). The Balaban J connectivity index is 2.53. The Morgan fingerprint density at radius 1 is 1.62 bits per heavy atom. The Morgan fingerprint density at radius 2 is 2.46 bits per heavy atom. The minimum Gasteiger partial charge on any atom is -0.296 e. The number of rotatable bonds is 2. The molecule has 0 aliphatic carbocycles. The summed E-state index contributed by atoms with van der Waals surface area (Å²) in [6.07, 6.45) is 0.744. The smallest absolute Gasteiger partial charge is 0.169 e. The monoisotopic (exact) mass is 256 g/mol. The highest BCUT2D eigenvalue weighted by atomic mass is 79.9. The molecule has 1 N–H and O–H groups in total. The topological polar surface area (TPSA) is 45.8 Å². The maximum atomic E-state index is 10.5. The number of carbonyl (C=O) groups is 1. The maximum absolute atomic E-state index is 10.5. The predicted octanol–water partition coefficient (Wildman–Crippen LogP) is 2.71. The van der Waals surface area contributed by atoms with Crippen LogP contribution in [-0.2, 0) is 0 Å². The molecular formula is C8H5BrN2OS. The fourth-order valence-corrected chi connectivity index (χ4v) is 2.33. The Bertz CT molecular complexity index is 421. The molecule has 0 amide bonds. The van der Waals surface area contributed by atoms with Crippen molar-refractivity contribution in [2.45, 2.75) is 0 Å². The van der Waals surface area contributed by atoms with Crippen LogP contribution in [0.2, 0.25) is 0 Å². The third kappa shape index (κ3) is 1.45. The van der Waals surface area contributed by atoms with E-state index in [0.29, 0.717) is 5.69 Å². The third-order valence-corrected chi connectivity index (χ3v) is 3.28. The fourth-order valence-electron chi connectivity index (χ4n) is 0.996. The van der Waals surface area contributed by atoms with Crippen LogP contribution in [0.3, 0.4) is 0 Å². The zero-order chi connectivity index (χ0) is 9.26. The maximum Gasteiger partial charge on any atom is 0.169 e. The number of aromatic nitrogens is 2. The summed E-state index contributed by atoms with van der Waals surface area (Å²) in [5.41, 5.74) is 1.26. The Kier molecular flexibility index (Phi) is 2.28. The molecule has 0 spiro atoms. The molecule has 13 heavy (non-hydrogen) atoms. The van der Waals surface area contributed by atoms with Crippen LogP contribution in [0.25, 0.3) is 10.6 Å². The van der Waals surface area contributed by atoms with Gasteiger partial charge in [0.1, 0.15) is 11.4 Å². The van der Waals surface area contributed by atoms with E-state index >= 15 is 0 Å². The number of halogens is 1. The van der Waals surface area contributed by atoms with Gasteiger partial charge in [-0.1, -0.05) is 6.07 Å². The number of nitrogens with one attached hydrogen (secondary N) is 1. The molecule has 0 aliphatic rings. The number of hydrogen-bond donors (Lipinski definition) is 1. The van der Waals surface area contributed by atoms with E-state index in [2.05, 4.69) is 26.1 Å². The van der Waals surface area contributed by atoms with Crippen LogP contribution in [0.15, 0.2) is 22.0 Å². The molecule has 0 saturated heterocycles. The van der Waals surface area contributed by atoms with Gasteiger partial charge in [0.15, 0.2) is 6.29 Å². The summed E-state index contributed by atoms with van der Waals surface area (Å²) in [4.78, 5) is 11.6. The lowest BCUT2D eigenvalue weighted by Crippen LogP contribution is -1.77. The molecule has 0 radical (unpaired) electrons. The highest BCUT2D eigenvalue weighted by Gasteiger charge is 2.11. The number of aldehydes is 1. The Labute approximate surface area is 86.9 Å². The zero-order valence-corrected chi connectivity index (χ0v) is 8.85. The average Bonchev–Trinajstić information content (AvgIpc) is 2.72. The first kappa shape index (κ1) is 8.65. The van der Waals surface area contributed by atoms with Crippen LogP contribution >= 0.6 is 27.3 Å².